The Morgan fingerprint density at radius 2 is 1.93 bits per heavy atom. The molecule has 0 radical (unpaired) electrons. The number of benzene rings is 1. The molecule has 1 saturated heterocycles. The van der Waals surface area contributed by atoms with E-state index >= 15 is 0 Å². The number of rotatable bonds is 7. The highest BCUT2D eigenvalue weighted by atomic mass is 16.2. The fourth-order valence-corrected chi connectivity index (χ4v) is 3.57. The highest BCUT2D eigenvalue weighted by Crippen LogP contribution is 2.25. The first-order valence-corrected chi connectivity index (χ1v) is 9.48. The molecule has 27 heavy (non-hydrogen) atoms. The summed E-state index contributed by atoms with van der Waals surface area (Å²) in [7, 11) is 0. The summed E-state index contributed by atoms with van der Waals surface area (Å²) in [6, 6.07) is 10.2. The maximum absolute atomic E-state index is 12.8. The third-order valence-corrected chi connectivity index (χ3v) is 5.15. The monoisotopic (exact) mass is 369 g/mol. The van der Waals surface area contributed by atoms with E-state index in [4.69, 9.17) is 0 Å². The van der Waals surface area contributed by atoms with Crippen LogP contribution in [-0.2, 0) is 9.59 Å². The number of piperidine rings is 1. The minimum atomic E-state index is -0.748. The topological polar surface area (TPSA) is 98.9 Å². The molecule has 7 heteroatoms. The number of H-pyrrole nitrogens is 1. The van der Waals surface area contributed by atoms with Gasteiger partial charge in [0.25, 0.3) is 5.91 Å². The molecule has 2 atom stereocenters. The fourth-order valence-electron chi connectivity index (χ4n) is 3.57. The van der Waals surface area contributed by atoms with E-state index in [1.54, 1.807) is 12.3 Å². The van der Waals surface area contributed by atoms with Gasteiger partial charge >= 0.3 is 0 Å². The minimum Gasteiger partial charge on any atom is -0.341 e. The number of amides is 2. The number of carbonyl (C=O) groups excluding carboxylic acids is 2. The Labute approximate surface area is 159 Å². The maximum atomic E-state index is 12.8. The molecule has 2 unspecified atom stereocenters. The van der Waals surface area contributed by atoms with Gasteiger partial charge in [-0.2, -0.15) is 5.10 Å². The van der Waals surface area contributed by atoms with Crippen molar-refractivity contribution < 1.29 is 9.59 Å². The number of nitrogens with zero attached hydrogens (tertiary/aromatic N) is 1. The van der Waals surface area contributed by atoms with Crippen molar-refractivity contribution in [3.63, 3.8) is 0 Å². The van der Waals surface area contributed by atoms with E-state index in [1.165, 1.54) is 0 Å². The smallest absolute Gasteiger partial charge is 0.252 e. The van der Waals surface area contributed by atoms with Gasteiger partial charge in [-0.05, 0) is 43.3 Å². The number of aromatic nitrogens is 2. The van der Waals surface area contributed by atoms with Gasteiger partial charge in [0, 0.05) is 12.5 Å². The van der Waals surface area contributed by atoms with Gasteiger partial charge in [0.1, 0.15) is 11.9 Å². The summed E-state index contributed by atoms with van der Waals surface area (Å²) >= 11 is 0. The van der Waals surface area contributed by atoms with Crippen LogP contribution in [0.3, 0.4) is 0 Å². The lowest BCUT2D eigenvalue weighted by Gasteiger charge is -2.28. The molecular weight excluding hydrogens is 342 g/mol. The van der Waals surface area contributed by atoms with Crippen molar-refractivity contribution in [1.82, 2.24) is 20.8 Å². The molecule has 2 heterocycles. The van der Waals surface area contributed by atoms with E-state index in [0.717, 1.165) is 31.5 Å². The van der Waals surface area contributed by atoms with E-state index in [9.17, 15) is 9.59 Å². The number of nitrogens with one attached hydrogen (secondary N) is 4. The van der Waals surface area contributed by atoms with Crippen molar-refractivity contribution in [2.75, 3.05) is 18.4 Å². The van der Waals surface area contributed by atoms with Crippen LogP contribution in [0.15, 0.2) is 42.6 Å². The Kier molecular flexibility index (Phi) is 6.59. The van der Waals surface area contributed by atoms with Crippen molar-refractivity contribution >= 4 is 17.6 Å². The van der Waals surface area contributed by atoms with Gasteiger partial charge in [-0.3, -0.25) is 14.7 Å². The highest BCUT2D eigenvalue weighted by molar-refractivity contribution is 5.97. The zero-order valence-electron chi connectivity index (χ0n) is 15.6. The Morgan fingerprint density at radius 3 is 2.59 bits per heavy atom. The van der Waals surface area contributed by atoms with Gasteiger partial charge < -0.3 is 16.0 Å². The van der Waals surface area contributed by atoms with Gasteiger partial charge in [-0.25, -0.2) is 0 Å². The molecule has 2 aromatic rings. The van der Waals surface area contributed by atoms with Crippen LogP contribution < -0.4 is 16.0 Å². The van der Waals surface area contributed by atoms with Crippen LogP contribution in [0.25, 0.3) is 0 Å². The molecule has 1 aromatic heterocycles. The second-order valence-electron chi connectivity index (χ2n) is 7.14. The summed E-state index contributed by atoms with van der Waals surface area (Å²) in [6.07, 6.45) is 4.17. The minimum absolute atomic E-state index is 0.102. The molecule has 144 valence electrons. The molecule has 1 fully saturated rings. The van der Waals surface area contributed by atoms with Crippen molar-refractivity contribution in [3.8, 4) is 0 Å². The first kappa shape index (κ1) is 19.1. The molecule has 0 saturated carbocycles. The molecule has 2 amide bonds. The summed E-state index contributed by atoms with van der Waals surface area (Å²) < 4.78 is 0. The zero-order chi connectivity index (χ0) is 19.1. The van der Waals surface area contributed by atoms with Gasteiger partial charge in [0.05, 0.1) is 6.20 Å². The molecule has 3 rings (SSSR count). The Hall–Kier alpha value is -2.67. The second kappa shape index (κ2) is 9.32. The van der Waals surface area contributed by atoms with Crippen LogP contribution in [0.1, 0.15) is 37.8 Å². The van der Waals surface area contributed by atoms with Crippen molar-refractivity contribution in [2.45, 2.75) is 32.2 Å². The molecule has 0 spiro atoms. The lowest BCUT2D eigenvalue weighted by Crippen LogP contribution is -2.39. The number of aromatic amines is 1. The van der Waals surface area contributed by atoms with Gasteiger partial charge in [0.15, 0.2) is 0 Å². The molecule has 0 bridgehead atoms. The zero-order valence-corrected chi connectivity index (χ0v) is 15.6. The summed E-state index contributed by atoms with van der Waals surface area (Å²) in [4.78, 5) is 25.4. The van der Waals surface area contributed by atoms with Crippen LogP contribution in [-0.4, -0.2) is 35.1 Å². The summed E-state index contributed by atoms with van der Waals surface area (Å²) in [5.74, 6) is 0.936. The fraction of sp³-hybridized carbons (Fsp3) is 0.450. The lowest BCUT2D eigenvalue weighted by atomic mass is 9.84. The Bertz CT molecular complexity index is 726. The summed E-state index contributed by atoms with van der Waals surface area (Å²) in [5.41, 5.74) is 0.748. The first-order chi connectivity index (χ1) is 13.1. The average Bonchev–Trinajstić information content (AvgIpc) is 3.20. The van der Waals surface area contributed by atoms with E-state index in [1.807, 2.05) is 30.3 Å². The van der Waals surface area contributed by atoms with Crippen LogP contribution in [0.5, 0.6) is 0 Å². The number of carbonyl (C=O) groups is 2. The van der Waals surface area contributed by atoms with E-state index in [-0.39, 0.29) is 11.8 Å². The van der Waals surface area contributed by atoms with Crippen LogP contribution in [0.2, 0.25) is 0 Å². The van der Waals surface area contributed by atoms with E-state index in [0.29, 0.717) is 24.1 Å². The third kappa shape index (κ3) is 5.40. The highest BCUT2D eigenvalue weighted by Gasteiger charge is 2.26. The van der Waals surface area contributed by atoms with Crippen LogP contribution in [0.4, 0.5) is 5.82 Å². The molecule has 1 aromatic carbocycles. The lowest BCUT2D eigenvalue weighted by molar-refractivity contribution is -0.127. The molecule has 7 nitrogen and oxygen atoms in total. The molecule has 1 aliphatic rings. The summed E-state index contributed by atoms with van der Waals surface area (Å²) in [5, 5.41) is 15.6. The first-order valence-electron chi connectivity index (χ1n) is 9.48. The maximum Gasteiger partial charge on any atom is 0.252 e. The number of hydrogen-bond donors (Lipinski definition) is 4. The normalized spacial score (nSPS) is 17.1. The van der Waals surface area contributed by atoms with Crippen molar-refractivity contribution in [2.24, 2.45) is 11.8 Å². The number of anilines is 1. The van der Waals surface area contributed by atoms with Crippen LogP contribution >= 0.6 is 0 Å². The predicted octanol–water partition coefficient (Wildman–Crippen LogP) is 2.23. The molecule has 4 N–H and O–H groups in total. The third-order valence-electron chi connectivity index (χ3n) is 5.15. The largest absolute Gasteiger partial charge is 0.341 e. The van der Waals surface area contributed by atoms with Crippen LogP contribution in [0, 0.1) is 11.8 Å². The SMILES string of the molecule is CC(CC(=O)NC(C(=O)Nc1ccn[nH]1)c1ccccc1)C1CCNCC1. The quantitative estimate of drug-likeness (QED) is 0.601. The predicted molar refractivity (Wildman–Crippen MR) is 104 cm³/mol. The standard InChI is InChI=1S/C20H27N5O2/c1-14(15-7-10-21-11-8-15)13-18(26)24-19(16-5-3-2-4-6-16)20(27)23-17-9-12-22-25-17/h2-6,9,12,14-15,19,21H,7-8,10-11,13H2,1H3,(H,24,26)(H2,22,23,25,27). The number of hydrogen-bond acceptors (Lipinski definition) is 4. The Balaban J connectivity index is 1.65. The average molecular weight is 369 g/mol. The van der Waals surface area contributed by atoms with Gasteiger partial charge in [-0.15, -0.1) is 0 Å². The van der Waals surface area contributed by atoms with E-state index in [2.05, 4.69) is 33.1 Å². The summed E-state index contributed by atoms with van der Waals surface area (Å²) in [6.45, 7) is 4.14. The molecule has 1 aliphatic heterocycles. The molecule has 0 aliphatic carbocycles. The second-order valence-corrected chi connectivity index (χ2v) is 7.14. The van der Waals surface area contributed by atoms with Gasteiger partial charge in [-0.1, -0.05) is 37.3 Å². The van der Waals surface area contributed by atoms with Crippen molar-refractivity contribution in [1.29, 1.82) is 0 Å². The Morgan fingerprint density at radius 1 is 1.19 bits per heavy atom. The van der Waals surface area contributed by atoms with Crippen molar-refractivity contribution in [3.05, 3.63) is 48.2 Å². The molecular formula is C20H27N5O2. The van der Waals surface area contributed by atoms with E-state index < -0.39 is 6.04 Å². The van der Waals surface area contributed by atoms with Gasteiger partial charge in [0.2, 0.25) is 5.91 Å².